The largest absolute Gasteiger partial charge is 0.493 e. The van der Waals surface area contributed by atoms with Gasteiger partial charge in [-0.1, -0.05) is 84.6 Å². The molecule has 6 atom stereocenters. The Bertz CT molecular complexity index is 2890. The van der Waals surface area contributed by atoms with Crippen molar-refractivity contribution >= 4 is 35.6 Å². The van der Waals surface area contributed by atoms with E-state index in [9.17, 15) is 14.7 Å². The molecule has 0 aromatic heterocycles. The molecule has 5 amide bonds. The van der Waals surface area contributed by atoms with Gasteiger partial charge in [-0.3, -0.25) is 19.3 Å². The van der Waals surface area contributed by atoms with Crippen LogP contribution in [0.25, 0.3) is 0 Å². The van der Waals surface area contributed by atoms with Gasteiger partial charge in [0.1, 0.15) is 36.5 Å². The van der Waals surface area contributed by atoms with Gasteiger partial charge in [-0.25, -0.2) is 14.5 Å². The molecule has 9 rings (SSSR count). The minimum absolute atomic E-state index is 0.0144. The van der Waals surface area contributed by atoms with Crippen molar-refractivity contribution in [3.05, 3.63) is 154 Å². The number of anilines is 1. The molecule has 5 aromatic carbocycles. The molecule has 2 fully saturated rings. The molecule has 71 heavy (non-hydrogen) atoms. The van der Waals surface area contributed by atoms with Crippen molar-refractivity contribution in [2.75, 3.05) is 65.7 Å². The molecule has 0 bridgehead atoms. The number of carbonyl (C=O) groups excluding carboxylic acids is 5. The second kappa shape index (κ2) is 20.6. The highest BCUT2D eigenvalue weighted by Crippen LogP contribution is 2.66. The number of imide groups is 1. The van der Waals surface area contributed by atoms with Crippen LogP contribution in [0.3, 0.4) is 0 Å². The minimum atomic E-state index is -2.09. The van der Waals surface area contributed by atoms with Gasteiger partial charge in [-0.2, -0.15) is 0 Å². The molecular weight excluding hydrogens is 911 g/mol. The number of morpholine rings is 1. The molecule has 4 heterocycles. The number of hydrogen-bond donors (Lipinski definition) is 3. The first-order valence-electron chi connectivity index (χ1n) is 23.2. The van der Waals surface area contributed by atoms with Crippen molar-refractivity contribution in [3.8, 4) is 29.1 Å². The number of nitrogens with zero attached hydrogens (tertiary/aromatic N) is 3. The fraction of sp³-hybridized carbons (Fsp3) is 0.315. The van der Waals surface area contributed by atoms with Crippen molar-refractivity contribution in [3.63, 3.8) is 0 Å². The van der Waals surface area contributed by atoms with Crippen LogP contribution < -0.4 is 30.2 Å². The van der Waals surface area contributed by atoms with Gasteiger partial charge in [0.05, 0.1) is 57.7 Å². The van der Waals surface area contributed by atoms with Crippen LogP contribution in [-0.4, -0.2) is 112 Å². The molecule has 0 aliphatic carbocycles. The van der Waals surface area contributed by atoms with E-state index in [0.717, 1.165) is 21.6 Å². The lowest BCUT2D eigenvalue weighted by Crippen LogP contribution is -2.57. The molecule has 4 aliphatic rings. The number of carbonyl (C=O) groups is 5. The van der Waals surface area contributed by atoms with Gasteiger partial charge < -0.3 is 49.5 Å². The standard InChI is InChI=1S/C54H53N5O12/c1-66-27-28-70-53(65)58-41-21-16-33(11-10-23-56-52(55)64)29-40(41)54(51(58)63)44(49(61)57-24-22-37-30-42(67-2)43(68-3)31-38(37)32-57)46-50(62)71-47(35-14-8-5-9-15-35)45(34-12-6-4-7-13-34)59(46)48(54)36-17-19-39(20-18-36)69-26-25-60/h4-9,12-21,29-31,44-48,60H,22-28,32H2,1-3H3,(H3,55,56,64)/t44-,45-,46-,47+,48+,54-/m0/s1. The topological polar surface area (TPSA) is 209 Å². The zero-order chi connectivity index (χ0) is 49.8. The number of methoxy groups -OCH3 is 3. The zero-order valence-electron chi connectivity index (χ0n) is 39.4. The van der Waals surface area contributed by atoms with E-state index >= 15 is 14.4 Å². The van der Waals surface area contributed by atoms with E-state index in [1.807, 2.05) is 77.7 Å². The fourth-order valence-corrected chi connectivity index (χ4v) is 10.7. The third-order valence-electron chi connectivity index (χ3n) is 13.6. The van der Waals surface area contributed by atoms with Gasteiger partial charge in [0, 0.05) is 25.8 Å². The van der Waals surface area contributed by atoms with Crippen LogP contribution in [0, 0.1) is 17.8 Å². The van der Waals surface area contributed by atoms with Crippen LogP contribution in [0.1, 0.15) is 57.1 Å². The summed E-state index contributed by atoms with van der Waals surface area (Å²) in [5, 5.41) is 12.1. The summed E-state index contributed by atoms with van der Waals surface area (Å²) in [6, 6.07) is 30.0. The number of urea groups is 1. The lowest BCUT2D eigenvalue weighted by molar-refractivity contribution is -0.179. The number of nitrogens with two attached hydrogens (primary N) is 1. The average molecular weight is 964 g/mol. The number of rotatable bonds is 13. The number of primary amides is 1. The van der Waals surface area contributed by atoms with Gasteiger partial charge >= 0.3 is 18.1 Å². The van der Waals surface area contributed by atoms with Crippen molar-refractivity contribution < 1.29 is 57.5 Å². The third-order valence-corrected chi connectivity index (χ3v) is 13.6. The monoisotopic (exact) mass is 963 g/mol. The maximum atomic E-state index is 16.6. The molecule has 17 nitrogen and oxygen atoms in total. The minimum Gasteiger partial charge on any atom is -0.493 e. The molecule has 0 radical (unpaired) electrons. The van der Waals surface area contributed by atoms with Gasteiger partial charge in [-0.05, 0) is 82.3 Å². The Balaban J connectivity index is 1.34. The second-order valence-electron chi connectivity index (χ2n) is 17.4. The van der Waals surface area contributed by atoms with E-state index in [0.29, 0.717) is 40.4 Å². The number of nitrogens with one attached hydrogen (secondary N) is 1. The summed E-state index contributed by atoms with van der Waals surface area (Å²) in [7, 11) is 4.53. The Hall–Kier alpha value is -7.91. The summed E-state index contributed by atoms with van der Waals surface area (Å²) in [5.74, 6) is 3.70. The molecular formula is C54H53N5O12. The second-order valence-corrected chi connectivity index (χ2v) is 17.4. The normalized spacial score (nSPS) is 22.1. The van der Waals surface area contributed by atoms with Crippen LogP contribution in [0.5, 0.6) is 17.2 Å². The molecule has 5 aromatic rings. The highest BCUT2D eigenvalue weighted by atomic mass is 16.6. The Kier molecular flexibility index (Phi) is 14.0. The fourth-order valence-electron chi connectivity index (χ4n) is 10.7. The number of esters is 1. The molecule has 1 spiro atoms. The van der Waals surface area contributed by atoms with E-state index in [1.54, 1.807) is 54.5 Å². The van der Waals surface area contributed by atoms with E-state index in [1.165, 1.54) is 14.2 Å². The first-order chi connectivity index (χ1) is 34.5. The van der Waals surface area contributed by atoms with Crippen LogP contribution in [0.4, 0.5) is 15.3 Å². The lowest BCUT2D eigenvalue weighted by Gasteiger charge is -2.46. The van der Waals surface area contributed by atoms with Crippen LogP contribution >= 0.6 is 0 Å². The average Bonchev–Trinajstić information content (AvgIpc) is 3.85. The Morgan fingerprint density at radius 2 is 1.51 bits per heavy atom. The first-order valence-corrected chi connectivity index (χ1v) is 23.2. The summed E-state index contributed by atoms with van der Waals surface area (Å²) >= 11 is 0. The number of aliphatic hydroxyl groups excluding tert-OH is 1. The zero-order valence-corrected chi connectivity index (χ0v) is 39.4. The maximum absolute atomic E-state index is 16.6. The molecule has 4 aliphatic heterocycles. The Morgan fingerprint density at radius 3 is 2.17 bits per heavy atom. The predicted octanol–water partition coefficient (Wildman–Crippen LogP) is 5.13. The van der Waals surface area contributed by atoms with Gasteiger partial charge in [0.15, 0.2) is 11.5 Å². The molecule has 0 unspecified atom stereocenters. The van der Waals surface area contributed by atoms with E-state index in [2.05, 4.69) is 17.2 Å². The Morgan fingerprint density at radius 1 is 0.817 bits per heavy atom. The summed E-state index contributed by atoms with van der Waals surface area (Å²) in [6.07, 6.45) is -1.56. The number of hydrogen-bond acceptors (Lipinski definition) is 13. The van der Waals surface area contributed by atoms with Crippen molar-refractivity contribution in [1.82, 2.24) is 15.1 Å². The lowest BCUT2D eigenvalue weighted by atomic mass is 9.64. The number of aliphatic hydroxyl groups is 1. The summed E-state index contributed by atoms with van der Waals surface area (Å²) < 4.78 is 34.7. The quantitative estimate of drug-likeness (QED) is 0.0796. The van der Waals surface area contributed by atoms with Crippen molar-refractivity contribution in [2.24, 2.45) is 11.7 Å². The van der Waals surface area contributed by atoms with Crippen molar-refractivity contribution in [1.29, 1.82) is 0 Å². The SMILES string of the molecule is COCCOC(=O)N1C(=O)[C@@]2(c3cc(C#CCNC(N)=O)ccc31)[C@H](C(=O)N1CCc3cc(OC)c(OC)cc3C1)[C@H]1C(=O)O[C@H](c3ccccc3)[C@H](c3ccccc3)N1[C@@H]2c1ccc(OCCO)cc1. The molecule has 2 saturated heterocycles. The van der Waals surface area contributed by atoms with E-state index in [4.69, 9.17) is 34.2 Å². The van der Waals surface area contributed by atoms with Crippen molar-refractivity contribution in [2.45, 2.75) is 42.6 Å². The van der Waals surface area contributed by atoms with Gasteiger partial charge in [0.25, 0.3) is 0 Å². The van der Waals surface area contributed by atoms with Gasteiger partial charge in [0.2, 0.25) is 11.8 Å². The third kappa shape index (κ3) is 8.75. The van der Waals surface area contributed by atoms with E-state index in [-0.39, 0.29) is 57.3 Å². The molecule has 0 saturated carbocycles. The molecule has 4 N–H and O–H groups in total. The van der Waals surface area contributed by atoms with E-state index < -0.39 is 65.5 Å². The number of fused-ring (bicyclic) bond motifs is 4. The maximum Gasteiger partial charge on any atom is 0.421 e. The summed E-state index contributed by atoms with van der Waals surface area (Å²) in [4.78, 5) is 79.3. The van der Waals surface area contributed by atoms with Crippen LogP contribution in [-0.2, 0) is 47.0 Å². The number of amides is 5. The predicted molar refractivity (Wildman–Crippen MR) is 257 cm³/mol. The summed E-state index contributed by atoms with van der Waals surface area (Å²) in [5.41, 5.74) is 7.58. The summed E-state index contributed by atoms with van der Waals surface area (Å²) in [6.45, 7) is -0.201. The highest BCUT2D eigenvalue weighted by molar-refractivity contribution is 6.23. The number of cyclic esters (lactones) is 1. The smallest absolute Gasteiger partial charge is 0.421 e. The Labute approximate surface area is 410 Å². The van der Waals surface area contributed by atoms with Crippen LogP contribution in [0.15, 0.2) is 115 Å². The highest BCUT2D eigenvalue weighted by Gasteiger charge is 2.76. The number of ether oxygens (including phenoxy) is 6. The van der Waals surface area contributed by atoms with Gasteiger partial charge in [-0.15, -0.1) is 0 Å². The molecule has 17 heteroatoms. The molecule has 366 valence electrons. The van der Waals surface area contributed by atoms with Crippen LogP contribution in [0.2, 0.25) is 0 Å². The number of benzene rings is 5. The first kappa shape index (κ1) is 48.1.